The molecule has 136 valence electrons. The van der Waals surface area contributed by atoms with Crippen molar-refractivity contribution < 1.29 is 27.4 Å². The smallest absolute Gasteiger partial charge is 0.241 e. The summed E-state index contributed by atoms with van der Waals surface area (Å²) in [6, 6.07) is 4.45. The summed E-state index contributed by atoms with van der Waals surface area (Å²) >= 11 is 0. The molecule has 0 bridgehead atoms. The number of nitrogens with zero attached hydrogens (tertiary/aromatic N) is 1. The van der Waals surface area contributed by atoms with Crippen LogP contribution in [0, 0.1) is 0 Å². The number of nitrogens with one attached hydrogen (secondary N) is 1. The lowest BCUT2D eigenvalue weighted by Crippen LogP contribution is -2.44. The molecule has 0 radical (unpaired) electrons. The van der Waals surface area contributed by atoms with E-state index in [9.17, 15) is 13.2 Å². The first-order chi connectivity index (χ1) is 11.2. The van der Waals surface area contributed by atoms with Crippen LogP contribution in [0.25, 0.3) is 0 Å². The summed E-state index contributed by atoms with van der Waals surface area (Å²) in [5.41, 5.74) is 0.260. The van der Waals surface area contributed by atoms with Crippen molar-refractivity contribution in [1.82, 2.24) is 5.32 Å². The number of amides is 1. The average Bonchev–Trinajstić information content (AvgIpc) is 2.51. The lowest BCUT2D eigenvalue weighted by atomic mass is 10.2. The lowest BCUT2D eigenvalue weighted by Gasteiger charge is -2.24. The second-order valence-corrected chi connectivity index (χ2v) is 7.14. The zero-order valence-electron chi connectivity index (χ0n) is 14.5. The van der Waals surface area contributed by atoms with Crippen LogP contribution < -0.4 is 19.1 Å². The third-order valence-electron chi connectivity index (χ3n) is 3.17. The topological polar surface area (TPSA) is 94.2 Å². The third kappa shape index (κ3) is 5.57. The molecule has 1 rings (SSSR count). The summed E-state index contributed by atoms with van der Waals surface area (Å²) in [6.45, 7) is 1.73. The highest BCUT2D eigenvalue weighted by atomic mass is 32.2. The number of carbonyl (C=O) groups excluding carboxylic acids is 1. The SMILES string of the molecule is COC[C@H](C)NC(=O)CN(c1ccc(OC)cc1OC)S(C)(=O)=O. The molecule has 9 heteroatoms. The van der Waals surface area contributed by atoms with Gasteiger partial charge in [0.25, 0.3) is 0 Å². The Labute approximate surface area is 142 Å². The molecule has 1 atom stereocenters. The molecule has 1 aromatic rings. The van der Waals surface area contributed by atoms with E-state index in [-0.39, 0.29) is 24.0 Å². The van der Waals surface area contributed by atoms with Gasteiger partial charge in [-0.1, -0.05) is 0 Å². The summed E-state index contributed by atoms with van der Waals surface area (Å²) < 4.78 is 40.5. The Morgan fingerprint density at radius 1 is 1.25 bits per heavy atom. The van der Waals surface area contributed by atoms with Crippen LogP contribution in [0.2, 0.25) is 0 Å². The molecule has 0 spiro atoms. The first-order valence-electron chi connectivity index (χ1n) is 7.21. The zero-order valence-corrected chi connectivity index (χ0v) is 15.3. The molecule has 0 saturated heterocycles. The molecule has 0 aliphatic rings. The van der Waals surface area contributed by atoms with Crippen LogP contribution in [-0.4, -0.2) is 61.1 Å². The van der Waals surface area contributed by atoms with E-state index < -0.39 is 15.9 Å². The Kier molecular flexibility index (Phi) is 7.30. The molecular weight excluding hydrogens is 336 g/mol. The van der Waals surface area contributed by atoms with E-state index >= 15 is 0 Å². The summed E-state index contributed by atoms with van der Waals surface area (Å²) in [7, 11) is 0.738. The number of methoxy groups -OCH3 is 3. The van der Waals surface area contributed by atoms with E-state index in [2.05, 4.69) is 5.32 Å². The summed E-state index contributed by atoms with van der Waals surface area (Å²) in [6.07, 6.45) is 1.03. The molecular formula is C15H24N2O6S. The number of hydrogen-bond acceptors (Lipinski definition) is 6. The molecule has 0 fully saturated rings. The molecule has 0 aliphatic carbocycles. The largest absolute Gasteiger partial charge is 0.497 e. The predicted octanol–water partition coefficient (Wildman–Crippen LogP) is 0.621. The fourth-order valence-electron chi connectivity index (χ4n) is 2.11. The van der Waals surface area contributed by atoms with Crippen molar-refractivity contribution >= 4 is 21.6 Å². The Morgan fingerprint density at radius 3 is 2.42 bits per heavy atom. The van der Waals surface area contributed by atoms with Gasteiger partial charge in [-0.05, 0) is 19.1 Å². The van der Waals surface area contributed by atoms with Crippen molar-refractivity contribution in [2.24, 2.45) is 0 Å². The highest BCUT2D eigenvalue weighted by molar-refractivity contribution is 7.92. The molecule has 0 saturated carbocycles. The van der Waals surface area contributed by atoms with Crippen LogP contribution >= 0.6 is 0 Å². The maximum atomic E-state index is 12.1. The molecule has 0 unspecified atom stereocenters. The minimum Gasteiger partial charge on any atom is -0.497 e. The van der Waals surface area contributed by atoms with Crippen molar-refractivity contribution in [3.63, 3.8) is 0 Å². The number of rotatable bonds is 9. The number of sulfonamides is 1. The summed E-state index contributed by atoms with van der Waals surface area (Å²) in [5, 5.41) is 2.68. The monoisotopic (exact) mass is 360 g/mol. The molecule has 0 aromatic heterocycles. The fourth-order valence-corrected chi connectivity index (χ4v) is 2.97. The van der Waals surface area contributed by atoms with E-state index in [1.807, 2.05) is 0 Å². The van der Waals surface area contributed by atoms with Gasteiger partial charge in [-0.3, -0.25) is 9.10 Å². The van der Waals surface area contributed by atoms with Gasteiger partial charge in [0.1, 0.15) is 18.0 Å². The Morgan fingerprint density at radius 2 is 1.92 bits per heavy atom. The molecule has 1 aromatic carbocycles. The summed E-state index contributed by atoms with van der Waals surface area (Å²) in [5.74, 6) is 0.364. The van der Waals surface area contributed by atoms with Gasteiger partial charge >= 0.3 is 0 Å². The molecule has 1 N–H and O–H groups in total. The highest BCUT2D eigenvalue weighted by Gasteiger charge is 2.24. The second-order valence-electron chi connectivity index (χ2n) is 5.23. The molecule has 1 amide bonds. The first kappa shape index (κ1) is 20.0. The van der Waals surface area contributed by atoms with E-state index in [1.54, 1.807) is 19.1 Å². The second kappa shape index (κ2) is 8.74. The minimum absolute atomic E-state index is 0.235. The average molecular weight is 360 g/mol. The molecule has 24 heavy (non-hydrogen) atoms. The van der Waals surface area contributed by atoms with Crippen LogP contribution in [0.4, 0.5) is 5.69 Å². The van der Waals surface area contributed by atoms with Crippen LogP contribution in [0.5, 0.6) is 11.5 Å². The van der Waals surface area contributed by atoms with Crippen LogP contribution in [0.3, 0.4) is 0 Å². The number of carbonyl (C=O) groups is 1. The van der Waals surface area contributed by atoms with Gasteiger partial charge in [0.2, 0.25) is 15.9 Å². The molecule has 0 heterocycles. The van der Waals surface area contributed by atoms with E-state index in [0.29, 0.717) is 12.4 Å². The van der Waals surface area contributed by atoms with Gasteiger partial charge in [-0.2, -0.15) is 0 Å². The zero-order chi connectivity index (χ0) is 18.3. The van der Waals surface area contributed by atoms with Crippen molar-refractivity contribution in [3.8, 4) is 11.5 Å². The van der Waals surface area contributed by atoms with Crippen molar-refractivity contribution in [2.45, 2.75) is 13.0 Å². The maximum Gasteiger partial charge on any atom is 0.241 e. The van der Waals surface area contributed by atoms with Gasteiger partial charge in [-0.25, -0.2) is 8.42 Å². The van der Waals surface area contributed by atoms with Gasteiger partial charge < -0.3 is 19.5 Å². The first-order valence-corrected chi connectivity index (χ1v) is 9.05. The van der Waals surface area contributed by atoms with E-state index in [4.69, 9.17) is 14.2 Å². The minimum atomic E-state index is -3.69. The standard InChI is InChI=1S/C15H24N2O6S/c1-11(10-21-2)16-15(18)9-17(24(5,19)20)13-7-6-12(22-3)8-14(13)23-4/h6-8,11H,9-10H2,1-5H3,(H,16,18)/t11-/m0/s1. The molecule has 0 aliphatic heterocycles. The Bertz CT molecular complexity index is 662. The van der Waals surface area contributed by atoms with Crippen molar-refractivity contribution in [2.75, 3.05) is 45.0 Å². The number of benzene rings is 1. The lowest BCUT2D eigenvalue weighted by molar-refractivity contribution is -0.120. The van der Waals surface area contributed by atoms with Gasteiger partial charge in [0, 0.05) is 19.2 Å². The normalized spacial score (nSPS) is 12.4. The Hall–Kier alpha value is -2.00. The van der Waals surface area contributed by atoms with Crippen LogP contribution in [0.1, 0.15) is 6.92 Å². The van der Waals surface area contributed by atoms with E-state index in [0.717, 1.165) is 10.6 Å². The van der Waals surface area contributed by atoms with E-state index in [1.165, 1.54) is 27.4 Å². The predicted molar refractivity (Wildman–Crippen MR) is 91.2 cm³/mol. The maximum absolute atomic E-state index is 12.1. The van der Waals surface area contributed by atoms with Gasteiger partial charge in [0.15, 0.2) is 0 Å². The Balaban J connectivity index is 3.09. The van der Waals surface area contributed by atoms with Crippen molar-refractivity contribution in [3.05, 3.63) is 18.2 Å². The van der Waals surface area contributed by atoms with Gasteiger partial charge in [0.05, 0.1) is 32.8 Å². The third-order valence-corrected chi connectivity index (χ3v) is 4.29. The number of anilines is 1. The molecule has 8 nitrogen and oxygen atoms in total. The van der Waals surface area contributed by atoms with Crippen LogP contribution in [-0.2, 0) is 19.6 Å². The van der Waals surface area contributed by atoms with Crippen LogP contribution in [0.15, 0.2) is 18.2 Å². The van der Waals surface area contributed by atoms with Gasteiger partial charge in [-0.15, -0.1) is 0 Å². The number of hydrogen-bond donors (Lipinski definition) is 1. The number of ether oxygens (including phenoxy) is 3. The summed E-state index contributed by atoms with van der Waals surface area (Å²) in [4.78, 5) is 12.1. The fraction of sp³-hybridized carbons (Fsp3) is 0.533. The van der Waals surface area contributed by atoms with Crippen molar-refractivity contribution in [1.29, 1.82) is 0 Å². The quantitative estimate of drug-likeness (QED) is 0.694. The highest BCUT2D eigenvalue weighted by Crippen LogP contribution is 2.33.